The number of hydrogen-bond donors (Lipinski definition) is 1. The molecule has 2 aromatic heterocycles. The lowest BCUT2D eigenvalue weighted by Crippen LogP contribution is -1.99. The normalized spacial score (nSPS) is 9.87. The van der Waals surface area contributed by atoms with Crippen LogP contribution in [0, 0.1) is 0 Å². The molecule has 2 aromatic rings. The van der Waals surface area contributed by atoms with E-state index in [1.807, 2.05) is 0 Å². The summed E-state index contributed by atoms with van der Waals surface area (Å²) in [5.41, 5.74) is -0.0125. The van der Waals surface area contributed by atoms with Crippen LogP contribution in [0.2, 0.25) is 0 Å². The highest BCUT2D eigenvalue weighted by atomic mass is 32.1. The van der Waals surface area contributed by atoms with Crippen molar-refractivity contribution in [3.63, 3.8) is 0 Å². The number of aromatic nitrogens is 2. The Morgan fingerprint density at radius 2 is 2.27 bits per heavy atom. The predicted molar refractivity (Wildman–Crippen MR) is 53.4 cm³/mol. The summed E-state index contributed by atoms with van der Waals surface area (Å²) < 4.78 is 5.31. The number of pyridine rings is 1. The minimum absolute atomic E-state index is 0.0125. The molecule has 6 heteroatoms. The summed E-state index contributed by atoms with van der Waals surface area (Å²) in [6.07, 6.45) is 2.98. The fraction of sp³-hybridized carbons (Fsp3) is 0. The first-order chi connectivity index (χ1) is 7.25. The topological polar surface area (TPSA) is 72.3 Å². The molecule has 2 rings (SSSR count). The average Bonchev–Trinajstić information content (AvgIpc) is 2.71. The van der Waals surface area contributed by atoms with Crippen LogP contribution in [-0.4, -0.2) is 21.0 Å². The number of hydrogen-bond acceptors (Lipinski definition) is 5. The first-order valence-corrected chi connectivity index (χ1v) is 4.90. The van der Waals surface area contributed by atoms with E-state index in [-0.39, 0.29) is 5.69 Å². The van der Waals surface area contributed by atoms with Gasteiger partial charge >= 0.3 is 5.97 Å². The smallest absolute Gasteiger partial charge is 0.354 e. The second kappa shape index (κ2) is 4.05. The minimum atomic E-state index is -1.06. The zero-order chi connectivity index (χ0) is 10.7. The van der Waals surface area contributed by atoms with Crippen molar-refractivity contribution in [3.05, 3.63) is 35.6 Å². The Morgan fingerprint density at radius 3 is 2.80 bits per heavy atom. The lowest BCUT2D eigenvalue weighted by atomic mass is 10.3. The van der Waals surface area contributed by atoms with Crippen LogP contribution >= 0.6 is 11.3 Å². The number of aromatic carboxylic acids is 1. The van der Waals surface area contributed by atoms with Gasteiger partial charge in [0, 0.05) is 11.6 Å². The molecule has 0 aliphatic carbocycles. The van der Waals surface area contributed by atoms with Crippen molar-refractivity contribution in [1.29, 1.82) is 0 Å². The van der Waals surface area contributed by atoms with Gasteiger partial charge in [-0.2, -0.15) is 0 Å². The lowest BCUT2D eigenvalue weighted by molar-refractivity contribution is 0.0690. The first-order valence-electron chi connectivity index (χ1n) is 4.02. The quantitative estimate of drug-likeness (QED) is 0.860. The summed E-state index contributed by atoms with van der Waals surface area (Å²) >= 11 is 1.35. The van der Waals surface area contributed by atoms with Gasteiger partial charge in [-0.3, -0.25) is 0 Å². The van der Waals surface area contributed by atoms with E-state index in [0.717, 1.165) is 0 Å². The van der Waals surface area contributed by atoms with E-state index in [2.05, 4.69) is 9.97 Å². The molecule has 76 valence electrons. The Labute approximate surface area is 89.0 Å². The zero-order valence-electron chi connectivity index (χ0n) is 7.45. The van der Waals surface area contributed by atoms with E-state index in [1.54, 1.807) is 11.6 Å². The van der Waals surface area contributed by atoms with Gasteiger partial charge in [-0.25, -0.2) is 14.8 Å². The number of thiazole rings is 1. The van der Waals surface area contributed by atoms with Gasteiger partial charge in [0.25, 0.3) is 5.19 Å². The summed E-state index contributed by atoms with van der Waals surface area (Å²) in [6, 6.07) is 2.92. The molecule has 0 unspecified atom stereocenters. The maximum absolute atomic E-state index is 10.5. The molecule has 0 aliphatic rings. The fourth-order valence-corrected chi connectivity index (χ4v) is 1.43. The van der Waals surface area contributed by atoms with Gasteiger partial charge in [0.05, 0.1) is 6.20 Å². The van der Waals surface area contributed by atoms with Crippen molar-refractivity contribution in [2.75, 3.05) is 0 Å². The summed E-state index contributed by atoms with van der Waals surface area (Å²) in [5.74, 6) is -0.592. The van der Waals surface area contributed by atoms with Crippen LogP contribution in [0.15, 0.2) is 29.9 Å². The molecule has 1 N–H and O–H groups in total. The largest absolute Gasteiger partial charge is 0.477 e. The molecule has 0 radical (unpaired) electrons. The van der Waals surface area contributed by atoms with E-state index >= 15 is 0 Å². The maximum Gasteiger partial charge on any atom is 0.354 e. The van der Waals surface area contributed by atoms with Gasteiger partial charge in [-0.05, 0) is 12.1 Å². The third-order valence-electron chi connectivity index (χ3n) is 1.57. The highest BCUT2D eigenvalue weighted by Crippen LogP contribution is 2.22. The number of ether oxygens (including phenoxy) is 1. The molecular formula is C9H6N2O3S. The van der Waals surface area contributed by atoms with Crippen LogP contribution in [0.1, 0.15) is 10.5 Å². The summed E-state index contributed by atoms with van der Waals surface area (Å²) in [5, 5.41) is 10.9. The fourth-order valence-electron chi connectivity index (χ4n) is 0.929. The average molecular weight is 222 g/mol. The lowest BCUT2D eigenvalue weighted by Gasteiger charge is -2.00. The highest BCUT2D eigenvalue weighted by Gasteiger charge is 2.05. The molecule has 0 amide bonds. The number of rotatable bonds is 3. The van der Waals surface area contributed by atoms with E-state index in [0.29, 0.717) is 10.9 Å². The first kappa shape index (κ1) is 9.60. The van der Waals surface area contributed by atoms with Gasteiger partial charge in [-0.15, -0.1) is 0 Å². The van der Waals surface area contributed by atoms with Gasteiger partial charge < -0.3 is 9.84 Å². The summed E-state index contributed by atoms with van der Waals surface area (Å²) in [7, 11) is 0. The van der Waals surface area contributed by atoms with E-state index < -0.39 is 5.97 Å². The Morgan fingerprint density at radius 1 is 1.40 bits per heavy atom. The van der Waals surface area contributed by atoms with Gasteiger partial charge in [0.15, 0.2) is 0 Å². The van der Waals surface area contributed by atoms with Crippen molar-refractivity contribution in [2.24, 2.45) is 0 Å². The molecule has 0 fully saturated rings. The van der Waals surface area contributed by atoms with E-state index in [4.69, 9.17) is 9.84 Å². The zero-order valence-corrected chi connectivity index (χ0v) is 8.27. The monoisotopic (exact) mass is 222 g/mol. The number of carboxylic acids is 1. The van der Waals surface area contributed by atoms with Crippen molar-refractivity contribution >= 4 is 17.3 Å². The Kier molecular flexibility index (Phi) is 2.59. The number of carboxylic acid groups (broad SMARTS) is 1. The van der Waals surface area contributed by atoms with Crippen LogP contribution in [0.25, 0.3) is 0 Å². The number of nitrogens with zero attached hydrogens (tertiary/aromatic N) is 2. The molecule has 2 heterocycles. The maximum atomic E-state index is 10.5. The standard InChI is InChI=1S/C9H6N2O3S/c12-8(13)7-2-1-6(5-11-7)14-9-10-3-4-15-9/h1-5H,(H,12,13). The Bertz CT molecular complexity index is 453. The van der Waals surface area contributed by atoms with Gasteiger partial charge in [0.1, 0.15) is 11.4 Å². The molecule has 0 saturated heterocycles. The second-order valence-corrected chi connectivity index (χ2v) is 3.44. The minimum Gasteiger partial charge on any atom is -0.477 e. The van der Waals surface area contributed by atoms with E-state index in [1.165, 1.54) is 29.7 Å². The van der Waals surface area contributed by atoms with Crippen molar-refractivity contribution < 1.29 is 14.6 Å². The Hall–Kier alpha value is -1.95. The van der Waals surface area contributed by atoms with Crippen molar-refractivity contribution in [1.82, 2.24) is 9.97 Å². The van der Waals surface area contributed by atoms with E-state index in [9.17, 15) is 4.79 Å². The molecule has 0 saturated carbocycles. The molecule has 0 bridgehead atoms. The Balaban J connectivity index is 2.14. The van der Waals surface area contributed by atoms with Gasteiger partial charge in [-0.1, -0.05) is 11.3 Å². The molecule has 0 atom stereocenters. The van der Waals surface area contributed by atoms with Gasteiger partial charge in [0.2, 0.25) is 0 Å². The SMILES string of the molecule is O=C(O)c1ccc(Oc2nccs2)cn1. The third kappa shape index (κ3) is 2.29. The van der Waals surface area contributed by atoms with Crippen LogP contribution in [0.5, 0.6) is 10.9 Å². The molecule has 0 aliphatic heterocycles. The highest BCUT2D eigenvalue weighted by molar-refractivity contribution is 7.11. The van der Waals surface area contributed by atoms with Crippen LogP contribution < -0.4 is 4.74 Å². The summed E-state index contributed by atoms with van der Waals surface area (Å²) in [4.78, 5) is 18.1. The van der Waals surface area contributed by atoms with Crippen molar-refractivity contribution in [2.45, 2.75) is 0 Å². The molecule has 15 heavy (non-hydrogen) atoms. The third-order valence-corrected chi connectivity index (χ3v) is 2.22. The number of carbonyl (C=O) groups is 1. The summed E-state index contributed by atoms with van der Waals surface area (Å²) in [6.45, 7) is 0. The van der Waals surface area contributed by atoms with Crippen LogP contribution in [0.3, 0.4) is 0 Å². The molecule has 0 spiro atoms. The van der Waals surface area contributed by atoms with Crippen LogP contribution in [-0.2, 0) is 0 Å². The molecular weight excluding hydrogens is 216 g/mol. The molecule has 5 nitrogen and oxygen atoms in total. The van der Waals surface area contributed by atoms with Crippen LogP contribution in [0.4, 0.5) is 0 Å². The molecule has 0 aromatic carbocycles. The predicted octanol–water partition coefficient (Wildman–Crippen LogP) is 2.03. The second-order valence-electron chi connectivity index (χ2n) is 2.58. The van der Waals surface area contributed by atoms with Crippen molar-refractivity contribution in [3.8, 4) is 10.9 Å².